The topological polar surface area (TPSA) is 64.6 Å². The molecule has 0 fully saturated rings. The van der Waals surface area contributed by atoms with Crippen molar-refractivity contribution in [2.24, 2.45) is 0 Å². The molecule has 0 aliphatic rings. The first-order valence-electron chi connectivity index (χ1n) is 7.74. The number of thioether (sulfide) groups is 1. The number of halogens is 2. The van der Waals surface area contributed by atoms with Gasteiger partial charge in [0, 0.05) is 9.92 Å². The highest BCUT2D eigenvalue weighted by molar-refractivity contribution is 8.00. The third-order valence-electron chi connectivity index (χ3n) is 3.06. The molecule has 0 bridgehead atoms. The number of hydrogen-bond donors (Lipinski definition) is 1. The van der Waals surface area contributed by atoms with Gasteiger partial charge in [0.2, 0.25) is 0 Å². The first-order valence-corrected chi connectivity index (χ1v) is 9.49. The fourth-order valence-electron chi connectivity index (χ4n) is 1.95. The SMILES string of the molecule is CCOc1ccccc1NC(=O)COC(=O)CSc1cc(Cl)ccc1Cl. The molecule has 0 saturated carbocycles. The van der Waals surface area contributed by atoms with Crippen molar-refractivity contribution in [1.82, 2.24) is 0 Å². The Morgan fingerprint density at radius 3 is 2.69 bits per heavy atom. The Balaban J connectivity index is 1.80. The number of rotatable bonds is 8. The second-order valence-corrected chi connectivity index (χ2v) is 6.86. The molecule has 8 heteroatoms. The van der Waals surface area contributed by atoms with Crippen molar-refractivity contribution in [2.45, 2.75) is 11.8 Å². The molecule has 2 aromatic rings. The van der Waals surface area contributed by atoms with E-state index in [1.165, 1.54) is 11.8 Å². The van der Waals surface area contributed by atoms with E-state index in [2.05, 4.69) is 5.32 Å². The minimum absolute atomic E-state index is 0.0167. The molecule has 138 valence electrons. The minimum Gasteiger partial charge on any atom is -0.492 e. The van der Waals surface area contributed by atoms with Gasteiger partial charge in [-0.3, -0.25) is 9.59 Å². The van der Waals surface area contributed by atoms with Crippen LogP contribution in [0.15, 0.2) is 47.4 Å². The highest BCUT2D eigenvalue weighted by atomic mass is 35.5. The summed E-state index contributed by atoms with van der Waals surface area (Å²) in [7, 11) is 0. The predicted molar refractivity (Wildman–Crippen MR) is 104 cm³/mol. The van der Waals surface area contributed by atoms with Gasteiger partial charge in [-0.25, -0.2) is 0 Å². The molecule has 0 spiro atoms. The molecule has 0 unspecified atom stereocenters. The zero-order valence-electron chi connectivity index (χ0n) is 14.0. The quantitative estimate of drug-likeness (QED) is 0.503. The van der Waals surface area contributed by atoms with Crippen LogP contribution >= 0.6 is 35.0 Å². The second kappa shape index (κ2) is 10.3. The second-order valence-electron chi connectivity index (χ2n) is 5.00. The molecule has 1 amide bonds. The zero-order valence-corrected chi connectivity index (χ0v) is 16.3. The number of nitrogens with one attached hydrogen (secondary N) is 1. The van der Waals surface area contributed by atoms with Gasteiger partial charge in [-0.2, -0.15) is 0 Å². The smallest absolute Gasteiger partial charge is 0.316 e. The lowest BCUT2D eigenvalue weighted by molar-refractivity contribution is -0.144. The van der Waals surface area contributed by atoms with Crippen molar-refractivity contribution in [1.29, 1.82) is 0 Å². The highest BCUT2D eigenvalue weighted by Gasteiger charge is 2.12. The lowest BCUT2D eigenvalue weighted by atomic mass is 10.3. The van der Waals surface area contributed by atoms with Crippen LogP contribution in [0.2, 0.25) is 10.0 Å². The van der Waals surface area contributed by atoms with Crippen LogP contribution in [-0.4, -0.2) is 30.8 Å². The van der Waals surface area contributed by atoms with Gasteiger partial charge in [0.1, 0.15) is 5.75 Å². The molecule has 0 aliphatic carbocycles. The number of carbonyl (C=O) groups is 2. The summed E-state index contributed by atoms with van der Waals surface area (Å²) in [6.45, 7) is 1.94. The van der Waals surface area contributed by atoms with E-state index in [0.29, 0.717) is 33.0 Å². The number of hydrogen-bond acceptors (Lipinski definition) is 5. The van der Waals surface area contributed by atoms with Crippen LogP contribution < -0.4 is 10.1 Å². The van der Waals surface area contributed by atoms with Crippen molar-refractivity contribution in [2.75, 3.05) is 24.3 Å². The number of para-hydroxylation sites is 2. The molecule has 0 heterocycles. The summed E-state index contributed by atoms with van der Waals surface area (Å²) < 4.78 is 10.4. The van der Waals surface area contributed by atoms with Crippen LogP contribution in [0.4, 0.5) is 5.69 Å². The van der Waals surface area contributed by atoms with E-state index >= 15 is 0 Å². The molecule has 0 aliphatic heterocycles. The van der Waals surface area contributed by atoms with Crippen molar-refractivity contribution in [3.05, 3.63) is 52.5 Å². The van der Waals surface area contributed by atoms with Gasteiger partial charge in [-0.05, 0) is 37.3 Å². The van der Waals surface area contributed by atoms with Crippen LogP contribution in [0, 0.1) is 0 Å². The molecule has 5 nitrogen and oxygen atoms in total. The number of benzene rings is 2. The summed E-state index contributed by atoms with van der Waals surface area (Å²) in [5.74, 6) is -0.403. The van der Waals surface area contributed by atoms with E-state index in [0.717, 1.165) is 0 Å². The van der Waals surface area contributed by atoms with Gasteiger partial charge < -0.3 is 14.8 Å². The zero-order chi connectivity index (χ0) is 18.9. The van der Waals surface area contributed by atoms with Crippen LogP contribution in [0.3, 0.4) is 0 Å². The maximum absolute atomic E-state index is 12.0. The van der Waals surface area contributed by atoms with Gasteiger partial charge in [0.15, 0.2) is 6.61 Å². The minimum atomic E-state index is -0.528. The maximum Gasteiger partial charge on any atom is 0.316 e. The summed E-state index contributed by atoms with van der Waals surface area (Å²) in [5, 5.41) is 3.68. The Morgan fingerprint density at radius 1 is 1.15 bits per heavy atom. The molecule has 2 aromatic carbocycles. The number of carbonyl (C=O) groups excluding carboxylic acids is 2. The fourth-order valence-corrected chi connectivity index (χ4v) is 3.24. The Morgan fingerprint density at radius 2 is 1.92 bits per heavy atom. The third kappa shape index (κ3) is 6.44. The maximum atomic E-state index is 12.0. The van der Waals surface area contributed by atoms with Gasteiger partial charge in [-0.15, -0.1) is 11.8 Å². The molecule has 2 rings (SSSR count). The van der Waals surface area contributed by atoms with Crippen LogP contribution in [-0.2, 0) is 14.3 Å². The van der Waals surface area contributed by atoms with Crippen LogP contribution in [0.5, 0.6) is 5.75 Å². The molecule has 1 N–H and O–H groups in total. The van der Waals surface area contributed by atoms with E-state index < -0.39 is 11.9 Å². The summed E-state index contributed by atoms with van der Waals surface area (Å²) >= 11 is 13.1. The van der Waals surface area contributed by atoms with Gasteiger partial charge in [0.05, 0.1) is 23.1 Å². The first kappa shape index (κ1) is 20.4. The standard InChI is InChI=1S/C18H17Cl2NO4S/c1-2-24-15-6-4-3-5-14(15)21-17(22)10-25-18(23)11-26-16-9-12(19)7-8-13(16)20/h3-9H,2,10-11H2,1H3,(H,21,22). The average Bonchev–Trinajstić information content (AvgIpc) is 2.62. The lowest BCUT2D eigenvalue weighted by Crippen LogP contribution is -2.22. The van der Waals surface area contributed by atoms with Gasteiger partial charge >= 0.3 is 5.97 Å². The predicted octanol–water partition coefficient (Wildman–Crippen LogP) is 4.67. The molecular weight excluding hydrogens is 397 g/mol. The molecule has 0 saturated heterocycles. The van der Waals surface area contributed by atoms with E-state index in [1.807, 2.05) is 6.92 Å². The fraction of sp³-hybridized carbons (Fsp3) is 0.222. The van der Waals surface area contributed by atoms with Crippen LogP contribution in [0.25, 0.3) is 0 Å². The lowest BCUT2D eigenvalue weighted by Gasteiger charge is -2.11. The number of esters is 1. The normalized spacial score (nSPS) is 10.3. The van der Waals surface area contributed by atoms with Crippen molar-refractivity contribution in [3.63, 3.8) is 0 Å². The molecule has 0 aromatic heterocycles. The highest BCUT2D eigenvalue weighted by Crippen LogP contribution is 2.29. The third-order valence-corrected chi connectivity index (χ3v) is 4.77. The Bertz CT molecular complexity index is 786. The van der Waals surface area contributed by atoms with Crippen molar-refractivity contribution >= 4 is 52.5 Å². The Labute approximate surface area is 166 Å². The largest absolute Gasteiger partial charge is 0.492 e. The first-order chi connectivity index (χ1) is 12.5. The monoisotopic (exact) mass is 413 g/mol. The van der Waals surface area contributed by atoms with E-state index in [-0.39, 0.29) is 12.4 Å². The molecule has 0 radical (unpaired) electrons. The van der Waals surface area contributed by atoms with Crippen molar-refractivity contribution in [3.8, 4) is 5.75 Å². The van der Waals surface area contributed by atoms with E-state index in [4.69, 9.17) is 32.7 Å². The Kier molecular flexibility index (Phi) is 8.09. The average molecular weight is 414 g/mol. The Hall–Kier alpha value is -1.89. The number of amides is 1. The number of ether oxygens (including phenoxy) is 2. The number of anilines is 1. The van der Waals surface area contributed by atoms with Gasteiger partial charge in [-0.1, -0.05) is 35.3 Å². The molecule has 26 heavy (non-hydrogen) atoms. The van der Waals surface area contributed by atoms with E-state index in [1.54, 1.807) is 42.5 Å². The van der Waals surface area contributed by atoms with E-state index in [9.17, 15) is 9.59 Å². The van der Waals surface area contributed by atoms with Crippen LogP contribution in [0.1, 0.15) is 6.92 Å². The summed E-state index contributed by atoms with van der Waals surface area (Å²) in [5.41, 5.74) is 0.524. The van der Waals surface area contributed by atoms with Crippen molar-refractivity contribution < 1.29 is 19.1 Å². The summed E-state index contributed by atoms with van der Waals surface area (Å²) in [6.07, 6.45) is 0. The molecular formula is C18H17Cl2NO4S. The molecule has 0 atom stereocenters. The van der Waals surface area contributed by atoms with Gasteiger partial charge in [0.25, 0.3) is 5.91 Å². The summed E-state index contributed by atoms with van der Waals surface area (Å²) in [6, 6.07) is 12.0. The summed E-state index contributed by atoms with van der Waals surface area (Å²) in [4.78, 5) is 24.4.